The van der Waals surface area contributed by atoms with Crippen molar-refractivity contribution >= 4 is 11.6 Å². The minimum Gasteiger partial charge on any atom is -0.496 e. The van der Waals surface area contributed by atoms with Gasteiger partial charge < -0.3 is 9.84 Å². The van der Waals surface area contributed by atoms with Crippen LogP contribution in [0, 0.1) is 0 Å². The van der Waals surface area contributed by atoms with Crippen LogP contribution >= 0.6 is 11.6 Å². The van der Waals surface area contributed by atoms with Gasteiger partial charge in [-0.05, 0) is 11.6 Å². The second-order valence-electron chi connectivity index (χ2n) is 2.82. The second-order valence-corrected chi connectivity index (χ2v) is 3.13. The van der Waals surface area contributed by atoms with E-state index < -0.39 is 6.10 Å². The van der Waals surface area contributed by atoms with Gasteiger partial charge in [0.05, 0.1) is 13.2 Å². The lowest BCUT2D eigenvalue weighted by Gasteiger charge is -2.10. The van der Waals surface area contributed by atoms with E-state index in [1.807, 2.05) is 24.3 Å². The zero-order valence-corrected chi connectivity index (χ0v) is 8.29. The molecule has 2 nitrogen and oxygen atoms in total. The van der Waals surface area contributed by atoms with Crippen molar-refractivity contribution in [2.45, 2.75) is 12.5 Å². The van der Waals surface area contributed by atoms with Crippen molar-refractivity contribution in [1.82, 2.24) is 0 Å². The van der Waals surface area contributed by atoms with Crippen molar-refractivity contribution in [1.29, 1.82) is 0 Å². The second kappa shape index (κ2) is 5.10. The minimum absolute atomic E-state index is 0.248. The number of methoxy groups -OCH3 is 1. The summed E-state index contributed by atoms with van der Waals surface area (Å²) >= 11 is 5.51. The predicted octanol–water partition coefficient (Wildman–Crippen LogP) is 1.84. The number of alkyl halides is 1. The molecule has 0 unspecified atom stereocenters. The average molecular weight is 201 g/mol. The van der Waals surface area contributed by atoms with Crippen LogP contribution in [-0.2, 0) is 6.42 Å². The molecule has 0 heterocycles. The summed E-state index contributed by atoms with van der Waals surface area (Å²) in [4.78, 5) is 0. The first-order valence-electron chi connectivity index (χ1n) is 4.14. The van der Waals surface area contributed by atoms with Gasteiger partial charge in [-0.25, -0.2) is 0 Å². The monoisotopic (exact) mass is 200 g/mol. The normalized spacial score (nSPS) is 12.5. The Hall–Kier alpha value is -0.730. The molecule has 0 aliphatic heterocycles. The van der Waals surface area contributed by atoms with Gasteiger partial charge in [0.1, 0.15) is 5.75 Å². The molecule has 0 bridgehead atoms. The Morgan fingerprint density at radius 1 is 1.46 bits per heavy atom. The van der Waals surface area contributed by atoms with Gasteiger partial charge in [-0.1, -0.05) is 18.2 Å². The highest BCUT2D eigenvalue weighted by Crippen LogP contribution is 2.18. The Bertz CT molecular complexity index is 263. The molecule has 1 N–H and O–H groups in total. The molecule has 3 heteroatoms. The zero-order chi connectivity index (χ0) is 9.68. The number of aliphatic hydroxyl groups excluding tert-OH is 1. The largest absolute Gasteiger partial charge is 0.496 e. The summed E-state index contributed by atoms with van der Waals surface area (Å²) in [6.45, 7) is 0. The fourth-order valence-corrected chi connectivity index (χ4v) is 1.29. The van der Waals surface area contributed by atoms with E-state index in [0.717, 1.165) is 11.3 Å². The molecule has 1 aromatic rings. The Morgan fingerprint density at radius 3 is 2.77 bits per heavy atom. The topological polar surface area (TPSA) is 29.5 Å². The molecular weight excluding hydrogens is 188 g/mol. The van der Waals surface area contributed by atoms with Crippen molar-refractivity contribution in [2.24, 2.45) is 0 Å². The van der Waals surface area contributed by atoms with E-state index in [4.69, 9.17) is 16.3 Å². The third kappa shape index (κ3) is 2.90. The fourth-order valence-electron chi connectivity index (χ4n) is 1.18. The maximum Gasteiger partial charge on any atom is 0.122 e. The van der Waals surface area contributed by atoms with Crippen LogP contribution in [-0.4, -0.2) is 24.2 Å². The number of halogens is 1. The molecule has 0 aliphatic carbocycles. The Kier molecular flexibility index (Phi) is 4.06. The molecule has 0 fully saturated rings. The van der Waals surface area contributed by atoms with Crippen molar-refractivity contribution in [2.75, 3.05) is 13.0 Å². The lowest BCUT2D eigenvalue weighted by atomic mass is 10.1. The number of para-hydroxylation sites is 1. The van der Waals surface area contributed by atoms with Crippen LogP contribution in [0.4, 0.5) is 0 Å². The molecule has 0 aromatic heterocycles. The molecule has 1 aromatic carbocycles. The molecule has 0 saturated heterocycles. The molecular formula is C10H13ClO2. The van der Waals surface area contributed by atoms with Gasteiger partial charge in [-0.15, -0.1) is 11.6 Å². The number of aliphatic hydroxyl groups is 1. The zero-order valence-electron chi connectivity index (χ0n) is 7.53. The molecule has 13 heavy (non-hydrogen) atoms. The molecule has 1 rings (SSSR count). The maximum absolute atomic E-state index is 9.34. The quantitative estimate of drug-likeness (QED) is 0.752. The summed E-state index contributed by atoms with van der Waals surface area (Å²) in [6.07, 6.45) is 0.0333. The predicted molar refractivity (Wildman–Crippen MR) is 53.4 cm³/mol. The molecule has 0 spiro atoms. The van der Waals surface area contributed by atoms with E-state index in [2.05, 4.69) is 0 Å². The number of hydrogen-bond acceptors (Lipinski definition) is 2. The highest BCUT2D eigenvalue weighted by Gasteiger charge is 2.07. The van der Waals surface area contributed by atoms with E-state index >= 15 is 0 Å². The molecule has 0 amide bonds. The summed E-state index contributed by atoms with van der Waals surface area (Å²) in [5, 5.41) is 9.34. The Labute approximate surface area is 83.1 Å². The Morgan fingerprint density at radius 2 is 2.15 bits per heavy atom. The lowest BCUT2D eigenvalue weighted by molar-refractivity contribution is 0.197. The molecule has 0 saturated carbocycles. The lowest BCUT2D eigenvalue weighted by Crippen LogP contribution is -2.12. The standard InChI is InChI=1S/C10H13ClO2/c1-13-10-5-3-2-4-8(10)6-9(12)7-11/h2-5,9,12H,6-7H2,1H3/t9-/m0/s1. The smallest absolute Gasteiger partial charge is 0.122 e. The van der Waals surface area contributed by atoms with Gasteiger partial charge in [0, 0.05) is 12.3 Å². The van der Waals surface area contributed by atoms with Crippen molar-refractivity contribution < 1.29 is 9.84 Å². The van der Waals surface area contributed by atoms with Crippen LogP contribution in [0.3, 0.4) is 0 Å². The van der Waals surface area contributed by atoms with Crippen LogP contribution in [0.25, 0.3) is 0 Å². The van der Waals surface area contributed by atoms with Crippen LogP contribution in [0.1, 0.15) is 5.56 Å². The molecule has 0 radical (unpaired) electrons. The van der Waals surface area contributed by atoms with E-state index in [-0.39, 0.29) is 5.88 Å². The summed E-state index contributed by atoms with van der Waals surface area (Å²) in [6, 6.07) is 7.61. The molecule has 72 valence electrons. The van der Waals surface area contributed by atoms with E-state index in [9.17, 15) is 5.11 Å². The van der Waals surface area contributed by atoms with Crippen LogP contribution < -0.4 is 4.74 Å². The third-order valence-corrected chi connectivity index (χ3v) is 2.18. The van der Waals surface area contributed by atoms with Gasteiger partial charge in [0.25, 0.3) is 0 Å². The summed E-state index contributed by atoms with van der Waals surface area (Å²) in [5.74, 6) is 1.05. The number of ether oxygens (including phenoxy) is 1. The average Bonchev–Trinajstić information content (AvgIpc) is 2.18. The van der Waals surface area contributed by atoms with Gasteiger partial charge in [0.2, 0.25) is 0 Å². The Balaban J connectivity index is 2.74. The van der Waals surface area contributed by atoms with Gasteiger partial charge in [0.15, 0.2) is 0 Å². The van der Waals surface area contributed by atoms with Crippen LogP contribution in [0.15, 0.2) is 24.3 Å². The molecule has 0 aliphatic rings. The summed E-state index contributed by atoms with van der Waals surface area (Å²) in [7, 11) is 1.62. The van der Waals surface area contributed by atoms with Gasteiger partial charge >= 0.3 is 0 Å². The van der Waals surface area contributed by atoms with Gasteiger partial charge in [-0.2, -0.15) is 0 Å². The van der Waals surface area contributed by atoms with Gasteiger partial charge in [-0.3, -0.25) is 0 Å². The first-order chi connectivity index (χ1) is 6.27. The summed E-state index contributed by atoms with van der Waals surface area (Å²) < 4.78 is 5.14. The maximum atomic E-state index is 9.34. The van der Waals surface area contributed by atoms with Crippen molar-refractivity contribution in [3.63, 3.8) is 0 Å². The number of benzene rings is 1. The summed E-state index contributed by atoms with van der Waals surface area (Å²) in [5.41, 5.74) is 0.984. The number of rotatable bonds is 4. The first kappa shape index (κ1) is 10.4. The highest BCUT2D eigenvalue weighted by molar-refractivity contribution is 6.18. The van der Waals surface area contributed by atoms with E-state index in [1.54, 1.807) is 7.11 Å². The first-order valence-corrected chi connectivity index (χ1v) is 4.67. The SMILES string of the molecule is COc1ccccc1C[C@H](O)CCl. The fraction of sp³-hybridized carbons (Fsp3) is 0.400. The van der Waals surface area contributed by atoms with E-state index in [1.165, 1.54) is 0 Å². The minimum atomic E-state index is -0.502. The molecule has 1 atom stereocenters. The third-order valence-electron chi connectivity index (χ3n) is 1.83. The highest BCUT2D eigenvalue weighted by atomic mass is 35.5. The van der Waals surface area contributed by atoms with E-state index in [0.29, 0.717) is 6.42 Å². The van der Waals surface area contributed by atoms with Crippen molar-refractivity contribution in [3.05, 3.63) is 29.8 Å². The van der Waals surface area contributed by atoms with Crippen LogP contribution in [0.2, 0.25) is 0 Å². The number of hydrogen-bond donors (Lipinski definition) is 1. The van der Waals surface area contributed by atoms with Crippen molar-refractivity contribution in [3.8, 4) is 5.75 Å². The van der Waals surface area contributed by atoms with Crippen LogP contribution in [0.5, 0.6) is 5.75 Å².